The summed E-state index contributed by atoms with van der Waals surface area (Å²) < 4.78 is 10.7. The van der Waals surface area contributed by atoms with Gasteiger partial charge < -0.3 is 25.4 Å². The van der Waals surface area contributed by atoms with Gasteiger partial charge in [0.15, 0.2) is 6.61 Å². The van der Waals surface area contributed by atoms with Crippen molar-refractivity contribution in [1.29, 1.82) is 0 Å². The first-order chi connectivity index (χ1) is 15.5. The van der Waals surface area contributed by atoms with Crippen LogP contribution in [-0.2, 0) is 9.59 Å². The van der Waals surface area contributed by atoms with Crippen LogP contribution in [0, 0.1) is 0 Å². The normalized spacial score (nSPS) is 11.2. The van der Waals surface area contributed by atoms with Gasteiger partial charge in [-0.3, -0.25) is 14.4 Å². The van der Waals surface area contributed by atoms with Crippen LogP contribution >= 0.6 is 11.8 Å². The Bertz CT molecular complexity index is 905. The molecule has 0 saturated heterocycles. The molecule has 0 radical (unpaired) electrons. The first kappa shape index (κ1) is 25.1. The van der Waals surface area contributed by atoms with Crippen LogP contribution in [0.4, 0.5) is 5.69 Å². The van der Waals surface area contributed by atoms with E-state index in [4.69, 9.17) is 9.47 Å². The Morgan fingerprint density at radius 1 is 1.06 bits per heavy atom. The number of methoxy groups -OCH3 is 1. The van der Waals surface area contributed by atoms with Gasteiger partial charge in [-0.05, 0) is 61.8 Å². The quantitative estimate of drug-likeness (QED) is 0.451. The second-order valence-electron chi connectivity index (χ2n) is 6.76. The van der Waals surface area contributed by atoms with Crippen LogP contribution in [0.25, 0.3) is 0 Å². The van der Waals surface area contributed by atoms with Gasteiger partial charge in [0.2, 0.25) is 5.91 Å². The molecule has 0 spiro atoms. The summed E-state index contributed by atoms with van der Waals surface area (Å²) in [6, 6.07) is 12.8. The van der Waals surface area contributed by atoms with E-state index in [0.29, 0.717) is 41.5 Å². The molecular formula is C23H29N3O5S. The number of anilines is 1. The zero-order valence-corrected chi connectivity index (χ0v) is 19.3. The molecule has 0 aliphatic carbocycles. The smallest absolute Gasteiger partial charge is 0.257 e. The van der Waals surface area contributed by atoms with Gasteiger partial charge in [-0.25, -0.2) is 0 Å². The minimum absolute atomic E-state index is 0.0781. The van der Waals surface area contributed by atoms with E-state index in [9.17, 15) is 14.4 Å². The van der Waals surface area contributed by atoms with Gasteiger partial charge in [0.05, 0.1) is 12.7 Å². The summed E-state index contributed by atoms with van der Waals surface area (Å²) in [5.74, 6) is 0.759. The number of thioether (sulfide) groups is 1. The van der Waals surface area contributed by atoms with E-state index in [-0.39, 0.29) is 24.3 Å². The maximum absolute atomic E-state index is 12.9. The fourth-order valence-electron chi connectivity index (χ4n) is 2.83. The molecule has 0 saturated carbocycles. The molecule has 1 atom stereocenters. The number of nitrogens with one attached hydrogen (secondary N) is 3. The summed E-state index contributed by atoms with van der Waals surface area (Å²) in [4.78, 5) is 37.1. The standard InChI is InChI=1S/C23H29N3O5S/c1-4-24-21(27)15-31-17-11-9-16(10-12-17)25-23(29)19(13-14-32-3)26-22(28)18-7-5-6-8-20(18)30-2/h5-12,19H,4,13-15H2,1-3H3,(H,24,27)(H,25,29)(H,26,28). The number of para-hydroxylation sites is 1. The highest BCUT2D eigenvalue weighted by Crippen LogP contribution is 2.19. The van der Waals surface area contributed by atoms with Crippen molar-refractivity contribution in [2.75, 3.05) is 37.6 Å². The summed E-state index contributed by atoms with van der Waals surface area (Å²) >= 11 is 1.59. The fourth-order valence-corrected chi connectivity index (χ4v) is 3.31. The number of carbonyl (C=O) groups is 3. The number of likely N-dealkylation sites (N-methyl/N-ethyl adjacent to an activating group) is 1. The molecule has 9 heteroatoms. The van der Waals surface area contributed by atoms with E-state index in [0.717, 1.165) is 0 Å². The maximum Gasteiger partial charge on any atom is 0.257 e. The summed E-state index contributed by atoms with van der Waals surface area (Å²) in [5, 5.41) is 8.28. The molecule has 0 heterocycles. The van der Waals surface area contributed by atoms with Crippen molar-refractivity contribution in [3.63, 3.8) is 0 Å². The van der Waals surface area contributed by atoms with Crippen molar-refractivity contribution in [2.24, 2.45) is 0 Å². The summed E-state index contributed by atoms with van der Waals surface area (Å²) in [6.45, 7) is 2.30. The summed E-state index contributed by atoms with van der Waals surface area (Å²) in [5.41, 5.74) is 0.923. The minimum atomic E-state index is -0.714. The molecule has 0 aliphatic rings. The lowest BCUT2D eigenvalue weighted by Crippen LogP contribution is -2.44. The minimum Gasteiger partial charge on any atom is -0.496 e. The molecule has 0 aromatic heterocycles. The SMILES string of the molecule is CCNC(=O)COc1ccc(NC(=O)C(CCSC)NC(=O)c2ccccc2OC)cc1. The van der Waals surface area contributed by atoms with E-state index in [1.165, 1.54) is 7.11 Å². The zero-order chi connectivity index (χ0) is 23.3. The van der Waals surface area contributed by atoms with E-state index in [2.05, 4.69) is 16.0 Å². The van der Waals surface area contributed by atoms with Crippen molar-refractivity contribution in [1.82, 2.24) is 10.6 Å². The Morgan fingerprint density at radius 3 is 2.44 bits per heavy atom. The van der Waals surface area contributed by atoms with E-state index in [1.807, 2.05) is 13.2 Å². The van der Waals surface area contributed by atoms with Crippen molar-refractivity contribution < 1.29 is 23.9 Å². The first-order valence-corrected chi connectivity index (χ1v) is 11.6. The predicted octanol–water partition coefficient (Wildman–Crippen LogP) is 2.70. The molecule has 3 N–H and O–H groups in total. The number of hydrogen-bond donors (Lipinski definition) is 3. The van der Waals surface area contributed by atoms with Crippen LogP contribution in [0.3, 0.4) is 0 Å². The third kappa shape index (κ3) is 7.81. The Morgan fingerprint density at radius 2 is 1.78 bits per heavy atom. The summed E-state index contributed by atoms with van der Waals surface area (Å²) in [7, 11) is 1.49. The summed E-state index contributed by atoms with van der Waals surface area (Å²) in [6.07, 6.45) is 2.41. The van der Waals surface area contributed by atoms with Gasteiger partial charge in [0.25, 0.3) is 11.8 Å². The molecule has 3 amide bonds. The van der Waals surface area contributed by atoms with Crippen LogP contribution in [0.15, 0.2) is 48.5 Å². The second-order valence-corrected chi connectivity index (χ2v) is 7.75. The molecule has 0 aliphatic heterocycles. The van der Waals surface area contributed by atoms with Gasteiger partial charge in [0.1, 0.15) is 17.5 Å². The van der Waals surface area contributed by atoms with Crippen molar-refractivity contribution in [3.8, 4) is 11.5 Å². The maximum atomic E-state index is 12.9. The molecule has 0 fully saturated rings. The average molecular weight is 460 g/mol. The van der Waals surface area contributed by atoms with Gasteiger partial charge in [-0.15, -0.1) is 0 Å². The van der Waals surface area contributed by atoms with Crippen LogP contribution < -0.4 is 25.4 Å². The molecule has 2 aromatic rings. The first-order valence-electron chi connectivity index (χ1n) is 10.2. The molecule has 172 valence electrons. The molecule has 2 aromatic carbocycles. The number of carbonyl (C=O) groups excluding carboxylic acids is 3. The molecule has 32 heavy (non-hydrogen) atoms. The third-order valence-corrected chi connectivity index (χ3v) is 5.09. The number of rotatable bonds is 12. The predicted molar refractivity (Wildman–Crippen MR) is 126 cm³/mol. The molecule has 2 rings (SSSR count). The van der Waals surface area contributed by atoms with Gasteiger partial charge >= 0.3 is 0 Å². The van der Waals surface area contributed by atoms with Crippen LogP contribution in [-0.4, -0.2) is 56.0 Å². The van der Waals surface area contributed by atoms with Crippen molar-refractivity contribution in [3.05, 3.63) is 54.1 Å². The highest BCUT2D eigenvalue weighted by Gasteiger charge is 2.23. The number of benzene rings is 2. The molecule has 1 unspecified atom stereocenters. The van der Waals surface area contributed by atoms with Crippen molar-refractivity contribution >= 4 is 35.2 Å². The third-order valence-electron chi connectivity index (χ3n) is 4.45. The average Bonchev–Trinajstić information content (AvgIpc) is 2.81. The monoisotopic (exact) mass is 459 g/mol. The van der Waals surface area contributed by atoms with E-state index >= 15 is 0 Å². The lowest BCUT2D eigenvalue weighted by molar-refractivity contribution is -0.123. The van der Waals surface area contributed by atoms with Crippen molar-refractivity contribution in [2.45, 2.75) is 19.4 Å². The fraction of sp³-hybridized carbons (Fsp3) is 0.348. The Kier molecular flexibility index (Phi) is 10.4. The van der Waals surface area contributed by atoms with Gasteiger partial charge in [-0.1, -0.05) is 12.1 Å². The Labute approximate surface area is 192 Å². The van der Waals surface area contributed by atoms with Gasteiger partial charge in [-0.2, -0.15) is 11.8 Å². The topological polar surface area (TPSA) is 106 Å². The Balaban J connectivity index is 2.01. The second kappa shape index (κ2) is 13.3. The van der Waals surface area contributed by atoms with Crippen LogP contribution in [0.5, 0.6) is 11.5 Å². The molecular weight excluding hydrogens is 430 g/mol. The Hall–Kier alpha value is -3.20. The van der Waals surface area contributed by atoms with Crippen LogP contribution in [0.1, 0.15) is 23.7 Å². The zero-order valence-electron chi connectivity index (χ0n) is 18.5. The number of ether oxygens (including phenoxy) is 2. The molecule has 0 bridgehead atoms. The lowest BCUT2D eigenvalue weighted by Gasteiger charge is -2.19. The van der Waals surface area contributed by atoms with E-state index < -0.39 is 6.04 Å². The van der Waals surface area contributed by atoms with Gasteiger partial charge in [0, 0.05) is 12.2 Å². The lowest BCUT2D eigenvalue weighted by atomic mass is 10.1. The van der Waals surface area contributed by atoms with Crippen LogP contribution in [0.2, 0.25) is 0 Å². The number of amides is 3. The highest BCUT2D eigenvalue weighted by molar-refractivity contribution is 7.98. The highest BCUT2D eigenvalue weighted by atomic mass is 32.2. The van der Waals surface area contributed by atoms with E-state index in [1.54, 1.807) is 60.3 Å². The molecule has 8 nitrogen and oxygen atoms in total. The largest absolute Gasteiger partial charge is 0.496 e. The number of hydrogen-bond acceptors (Lipinski definition) is 6.